The van der Waals surface area contributed by atoms with E-state index in [2.05, 4.69) is 47.9 Å². The predicted octanol–water partition coefficient (Wildman–Crippen LogP) is 2.67. The van der Waals surface area contributed by atoms with E-state index in [0.717, 1.165) is 5.82 Å². The number of para-hydroxylation sites is 1. The van der Waals surface area contributed by atoms with Gasteiger partial charge in [-0.2, -0.15) is 5.10 Å². The first-order chi connectivity index (χ1) is 7.79. The predicted molar refractivity (Wildman–Crippen MR) is 64.8 cm³/mol. The van der Waals surface area contributed by atoms with Crippen molar-refractivity contribution in [2.75, 3.05) is 0 Å². The standard InChI is InChI=1S/C13H13N3/c1-10-11-6-3-4-7-12(11)15(2)13(10)16-9-5-8-14-16/h3-9H,1-2H3. The molecular formula is C13H13N3. The van der Waals surface area contributed by atoms with Gasteiger partial charge in [-0.3, -0.25) is 0 Å². The van der Waals surface area contributed by atoms with Crippen LogP contribution in [0.3, 0.4) is 0 Å². The second kappa shape index (κ2) is 3.23. The van der Waals surface area contributed by atoms with E-state index in [1.807, 2.05) is 16.9 Å². The summed E-state index contributed by atoms with van der Waals surface area (Å²) in [5, 5.41) is 5.59. The Balaban J connectivity index is 2.42. The number of fused-ring (bicyclic) bond motifs is 1. The lowest BCUT2D eigenvalue weighted by molar-refractivity contribution is 0.782. The van der Waals surface area contributed by atoms with Gasteiger partial charge in [-0.05, 0) is 19.1 Å². The summed E-state index contributed by atoms with van der Waals surface area (Å²) < 4.78 is 4.09. The van der Waals surface area contributed by atoms with E-state index < -0.39 is 0 Å². The average Bonchev–Trinajstić information content (AvgIpc) is 2.89. The van der Waals surface area contributed by atoms with Crippen molar-refractivity contribution in [3.8, 4) is 5.82 Å². The van der Waals surface area contributed by atoms with Gasteiger partial charge in [0.05, 0.1) is 0 Å². The molecule has 0 saturated heterocycles. The highest BCUT2D eigenvalue weighted by Crippen LogP contribution is 2.26. The summed E-state index contributed by atoms with van der Waals surface area (Å²) in [6.45, 7) is 2.14. The highest BCUT2D eigenvalue weighted by molar-refractivity contribution is 5.87. The molecule has 0 aliphatic heterocycles. The van der Waals surface area contributed by atoms with Gasteiger partial charge in [0.2, 0.25) is 0 Å². The minimum atomic E-state index is 1.13. The fourth-order valence-electron chi connectivity index (χ4n) is 2.29. The maximum atomic E-state index is 4.30. The molecule has 0 bridgehead atoms. The van der Waals surface area contributed by atoms with Crippen molar-refractivity contribution in [2.24, 2.45) is 7.05 Å². The van der Waals surface area contributed by atoms with Gasteiger partial charge >= 0.3 is 0 Å². The van der Waals surface area contributed by atoms with Crippen molar-refractivity contribution in [2.45, 2.75) is 6.92 Å². The van der Waals surface area contributed by atoms with Gasteiger partial charge in [0.25, 0.3) is 0 Å². The largest absolute Gasteiger partial charge is 0.329 e. The number of hydrogen-bond donors (Lipinski definition) is 0. The lowest BCUT2D eigenvalue weighted by atomic mass is 10.2. The molecule has 3 aromatic rings. The number of aromatic nitrogens is 3. The molecule has 0 radical (unpaired) electrons. The van der Waals surface area contributed by atoms with Crippen molar-refractivity contribution in [1.82, 2.24) is 14.3 Å². The molecule has 2 heterocycles. The molecule has 1 aromatic carbocycles. The van der Waals surface area contributed by atoms with Crippen LogP contribution < -0.4 is 0 Å². The molecule has 80 valence electrons. The van der Waals surface area contributed by atoms with Crippen LogP contribution in [-0.4, -0.2) is 14.3 Å². The van der Waals surface area contributed by atoms with Gasteiger partial charge in [0.15, 0.2) is 0 Å². The van der Waals surface area contributed by atoms with Crippen LogP contribution in [0.2, 0.25) is 0 Å². The molecule has 0 saturated carbocycles. The Morgan fingerprint density at radius 1 is 1.12 bits per heavy atom. The molecule has 0 unspecified atom stereocenters. The van der Waals surface area contributed by atoms with Crippen LogP contribution in [0, 0.1) is 6.92 Å². The summed E-state index contributed by atoms with van der Waals surface area (Å²) in [5.41, 5.74) is 2.51. The van der Waals surface area contributed by atoms with Crippen LogP contribution in [0.1, 0.15) is 5.56 Å². The first-order valence-corrected chi connectivity index (χ1v) is 5.33. The van der Waals surface area contributed by atoms with Crippen LogP contribution in [0.5, 0.6) is 0 Å². The third kappa shape index (κ3) is 1.11. The molecule has 3 nitrogen and oxygen atoms in total. The molecule has 0 N–H and O–H groups in total. The third-order valence-corrected chi connectivity index (χ3v) is 3.04. The number of benzene rings is 1. The van der Waals surface area contributed by atoms with Crippen molar-refractivity contribution in [3.05, 3.63) is 48.3 Å². The SMILES string of the molecule is Cc1c(-n2cccn2)n(C)c2ccccc12. The number of aryl methyl sites for hydroxylation is 2. The van der Waals surface area contributed by atoms with E-state index >= 15 is 0 Å². The van der Waals surface area contributed by atoms with E-state index in [9.17, 15) is 0 Å². The monoisotopic (exact) mass is 211 g/mol. The normalized spacial score (nSPS) is 11.1. The summed E-state index contributed by atoms with van der Waals surface area (Å²) in [6, 6.07) is 10.4. The number of hydrogen-bond acceptors (Lipinski definition) is 1. The topological polar surface area (TPSA) is 22.8 Å². The first kappa shape index (κ1) is 9.21. The van der Waals surface area contributed by atoms with Crippen LogP contribution in [0.4, 0.5) is 0 Å². The van der Waals surface area contributed by atoms with Gasteiger partial charge in [0.1, 0.15) is 5.82 Å². The third-order valence-electron chi connectivity index (χ3n) is 3.04. The van der Waals surface area contributed by atoms with Crippen LogP contribution in [0.15, 0.2) is 42.7 Å². The van der Waals surface area contributed by atoms with E-state index in [1.54, 1.807) is 6.20 Å². The Bertz CT molecular complexity index is 594. The molecule has 0 amide bonds. The molecule has 0 atom stereocenters. The van der Waals surface area contributed by atoms with E-state index in [-0.39, 0.29) is 0 Å². The van der Waals surface area contributed by atoms with Gasteiger partial charge in [0, 0.05) is 35.9 Å². The van der Waals surface area contributed by atoms with Crippen molar-refractivity contribution < 1.29 is 0 Å². The number of rotatable bonds is 1. The van der Waals surface area contributed by atoms with E-state index in [1.165, 1.54) is 16.5 Å². The maximum Gasteiger partial charge on any atom is 0.137 e. The van der Waals surface area contributed by atoms with Gasteiger partial charge in [-0.25, -0.2) is 4.68 Å². The molecule has 3 rings (SSSR count). The average molecular weight is 211 g/mol. The molecular weight excluding hydrogens is 198 g/mol. The molecule has 16 heavy (non-hydrogen) atoms. The van der Waals surface area contributed by atoms with Crippen molar-refractivity contribution >= 4 is 10.9 Å². The number of nitrogens with zero attached hydrogens (tertiary/aromatic N) is 3. The van der Waals surface area contributed by atoms with Crippen LogP contribution >= 0.6 is 0 Å². The molecule has 0 fully saturated rings. The van der Waals surface area contributed by atoms with Gasteiger partial charge in [-0.15, -0.1) is 0 Å². The fourth-order valence-corrected chi connectivity index (χ4v) is 2.29. The quantitative estimate of drug-likeness (QED) is 0.606. The van der Waals surface area contributed by atoms with Crippen LogP contribution in [0.25, 0.3) is 16.7 Å². The zero-order chi connectivity index (χ0) is 11.1. The minimum Gasteiger partial charge on any atom is -0.329 e. The Morgan fingerprint density at radius 3 is 2.62 bits per heavy atom. The van der Waals surface area contributed by atoms with Gasteiger partial charge in [-0.1, -0.05) is 18.2 Å². The highest BCUT2D eigenvalue weighted by Gasteiger charge is 2.12. The van der Waals surface area contributed by atoms with E-state index in [0.29, 0.717) is 0 Å². The lowest BCUT2D eigenvalue weighted by Gasteiger charge is -2.04. The maximum absolute atomic E-state index is 4.30. The minimum absolute atomic E-state index is 1.13. The van der Waals surface area contributed by atoms with Crippen molar-refractivity contribution in [3.63, 3.8) is 0 Å². The fraction of sp³-hybridized carbons (Fsp3) is 0.154. The zero-order valence-corrected chi connectivity index (χ0v) is 9.38. The smallest absolute Gasteiger partial charge is 0.137 e. The zero-order valence-electron chi connectivity index (χ0n) is 9.38. The Hall–Kier alpha value is -2.03. The molecule has 2 aromatic heterocycles. The summed E-state index contributed by atoms with van der Waals surface area (Å²) in [5.74, 6) is 1.13. The second-order valence-electron chi connectivity index (χ2n) is 3.98. The highest BCUT2D eigenvalue weighted by atomic mass is 15.3. The summed E-state index contributed by atoms with van der Waals surface area (Å²) in [6.07, 6.45) is 3.78. The Morgan fingerprint density at radius 2 is 1.94 bits per heavy atom. The molecule has 0 spiro atoms. The van der Waals surface area contributed by atoms with E-state index in [4.69, 9.17) is 0 Å². The molecule has 3 heteroatoms. The molecule has 0 aliphatic carbocycles. The Kier molecular flexibility index (Phi) is 1.86. The molecule has 0 aliphatic rings. The van der Waals surface area contributed by atoms with Crippen LogP contribution in [-0.2, 0) is 7.05 Å². The summed E-state index contributed by atoms with van der Waals surface area (Å²) >= 11 is 0. The summed E-state index contributed by atoms with van der Waals surface area (Å²) in [4.78, 5) is 0. The second-order valence-corrected chi connectivity index (χ2v) is 3.98. The van der Waals surface area contributed by atoms with Gasteiger partial charge < -0.3 is 4.57 Å². The Labute approximate surface area is 93.9 Å². The first-order valence-electron chi connectivity index (χ1n) is 5.33. The van der Waals surface area contributed by atoms with Crippen molar-refractivity contribution in [1.29, 1.82) is 0 Å². The lowest BCUT2D eigenvalue weighted by Crippen LogP contribution is -2.03. The summed E-state index contributed by atoms with van der Waals surface area (Å²) in [7, 11) is 2.08.